The average molecular weight is 345 g/mol. The summed E-state index contributed by atoms with van der Waals surface area (Å²) < 4.78 is 26.2. The van der Waals surface area contributed by atoms with Crippen molar-refractivity contribution in [1.29, 1.82) is 0 Å². The van der Waals surface area contributed by atoms with Gasteiger partial charge in [0.2, 0.25) is 10.0 Å². The summed E-state index contributed by atoms with van der Waals surface area (Å²) >= 11 is 0. The van der Waals surface area contributed by atoms with E-state index in [0.29, 0.717) is 25.3 Å². The van der Waals surface area contributed by atoms with E-state index in [9.17, 15) is 18.5 Å². The van der Waals surface area contributed by atoms with Crippen molar-refractivity contribution in [3.63, 3.8) is 0 Å². The fraction of sp³-hybridized carbons (Fsp3) is 0.571. The topological polar surface area (TPSA) is 97.0 Å². The summed E-state index contributed by atoms with van der Waals surface area (Å²) in [7, 11) is 0.253. The minimum atomic E-state index is -3.71. The lowest BCUT2D eigenvalue weighted by atomic mass is 10.2. The maximum atomic E-state index is 12.5. The number of nitrogens with zero attached hydrogens (tertiary/aromatic N) is 2. The quantitative estimate of drug-likeness (QED) is 0.492. The zero-order valence-electron chi connectivity index (χ0n) is 14.0. The monoisotopic (exact) mass is 345 g/mol. The summed E-state index contributed by atoms with van der Waals surface area (Å²) in [6.45, 7) is 5.45. The van der Waals surface area contributed by atoms with Crippen LogP contribution in [-0.2, 0) is 10.0 Å². The van der Waals surface area contributed by atoms with Crippen molar-refractivity contribution in [3.8, 4) is 0 Å². The second-order valence-electron chi connectivity index (χ2n) is 5.41. The van der Waals surface area contributed by atoms with Gasteiger partial charge in [-0.1, -0.05) is 13.8 Å². The predicted octanol–water partition coefficient (Wildman–Crippen LogP) is 0.182. The SMILES string of the molecule is CCN(CC)S(=O)(=O)c1ccc(NCC[NH+](C)C)c([N+](=O)[O-])c1. The minimum absolute atomic E-state index is 0.0586. The van der Waals surface area contributed by atoms with Gasteiger partial charge in [-0.25, -0.2) is 8.42 Å². The average Bonchev–Trinajstić information content (AvgIpc) is 2.47. The number of sulfonamides is 1. The Morgan fingerprint density at radius 2 is 1.87 bits per heavy atom. The summed E-state index contributed by atoms with van der Waals surface area (Å²) in [5, 5.41) is 14.2. The van der Waals surface area contributed by atoms with E-state index < -0.39 is 14.9 Å². The first-order valence-corrected chi connectivity index (χ1v) is 8.99. The molecule has 0 saturated carbocycles. The van der Waals surface area contributed by atoms with Crippen LogP contribution in [0, 0.1) is 10.1 Å². The van der Waals surface area contributed by atoms with E-state index in [0.717, 1.165) is 12.6 Å². The molecule has 0 aliphatic carbocycles. The van der Waals surface area contributed by atoms with Gasteiger partial charge < -0.3 is 10.2 Å². The third kappa shape index (κ3) is 4.88. The fourth-order valence-corrected chi connectivity index (χ4v) is 3.61. The van der Waals surface area contributed by atoms with Crippen molar-refractivity contribution in [3.05, 3.63) is 28.3 Å². The van der Waals surface area contributed by atoms with Crippen molar-refractivity contribution < 1.29 is 18.2 Å². The molecule has 0 radical (unpaired) electrons. The van der Waals surface area contributed by atoms with Crippen LogP contribution in [0.15, 0.2) is 23.1 Å². The molecule has 0 unspecified atom stereocenters. The van der Waals surface area contributed by atoms with E-state index >= 15 is 0 Å². The number of nitrogens with one attached hydrogen (secondary N) is 2. The highest BCUT2D eigenvalue weighted by Crippen LogP contribution is 2.28. The molecule has 0 fully saturated rings. The van der Waals surface area contributed by atoms with Crippen molar-refractivity contribution in [2.45, 2.75) is 18.7 Å². The molecule has 9 heteroatoms. The van der Waals surface area contributed by atoms with Gasteiger partial charge in [0, 0.05) is 19.2 Å². The molecule has 0 aromatic heterocycles. The molecule has 0 atom stereocenters. The molecule has 1 aromatic carbocycles. The fourth-order valence-electron chi connectivity index (χ4n) is 2.13. The number of hydrogen-bond donors (Lipinski definition) is 2. The van der Waals surface area contributed by atoms with Gasteiger partial charge in [0.15, 0.2) is 0 Å². The third-order valence-corrected chi connectivity index (χ3v) is 5.50. The highest BCUT2D eigenvalue weighted by atomic mass is 32.2. The molecule has 0 heterocycles. The summed E-state index contributed by atoms with van der Waals surface area (Å²) in [5.41, 5.74) is 0.0988. The first-order chi connectivity index (χ1) is 10.7. The van der Waals surface area contributed by atoms with E-state index in [1.54, 1.807) is 13.8 Å². The highest BCUT2D eigenvalue weighted by Gasteiger charge is 2.25. The van der Waals surface area contributed by atoms with Crippen LogP contribution in [0.2, 0.25) is 0 Å². The summed E-state index contributed by atoms with van der Waals surface area (Å²) in [6, 6.07) is 3.99. The van der Waals surface area contributed by atoms with Gasteiger partial charge in [-0.2, -0.15) is 4.31 Å². The number of hydrogen-bond acceptors (Lipinski definition) is 5. The van der Waals surface area contributed by atoms with Gasteiger partial charge in [0.25, 0.3) is 5.69 Å². The number of anilines is 1. The predicted molar refractivity (Wildman–Crippen MR) is 89.4 cm³/mol. The van der Waals surface area contributed by atoms with E-state index in [1.807, 2.05) is 14.1 Å². The van der Waals surface area contributed by atoms with E-state index in [2.05, 4.69) is 5.32 Å². The Morgan fingerprint density at radius 1 is 1.26 bits per heavy atom. The number of rotatable bonds is 9. The van der Waals surface area contributed by atoms with Crippen LogP contribution in [0.3, 0.4) is 0 Å². The molecule has 0 bridgehead atoms. The molecular weight excluding hydrogens is 320 g/mol. The van der Waals surface area contributed by atoms with E-state index in [1.165, 1.54) is 21.3 Å². The molecule has 23 heavy (non-hydrogen) atoms. The Kier molecular flexibility index (Phi) is 6.92. The standard InChI is InChI=1S/C14H24N4O4S/c1-5-17(6-2)23(21,22)12-7-8-13(14(11-12)18(19)20)15-9-10-16(3)4/h7-8,11,15H,5-6,9-10H2,1-4H3/p+1. The Bertz CT molecular complexity index is 642. The Hall–Kier alpha value is -1.71. The first-order valence-electron chi connectivity index (χ1n) is 7.55. The Balaban J connectivity index is 3.15. The van der Waals surface area contributed by atoms with Crippen LogP contribution >= 0.6 is 0 Å². The molecule has 8 nitrogen and oxygen atoms in total. The number of nitro groups is 1. The van der Waals surface area contributed by atoms with Crippen LogP contribution in [0.1, 0.15) is 13.8 Å². The maximum absolute atomic E-state index is 12.5. The van der Waals surface area contributed by atoms with Gasteiger partial charge in [0.05, 0.1) is 37.0 Å². The zero-order valence-corrected chi connectivity index (χ0v) is 14.8. The summed E-state index contributed by atoms with van der Waals surface area (Å²) in [4.78, 5) is 11.8. The van der Waals surface area contributed by atoms with Gasteiger partial charge in [0.1, 0.15) is 5.69 Å². The Morgan fingerprint density at radius 3 is 2.35 bits per heavy atom. The minimum Gasteiger partial charge on any atom is -0.374 e. The lowest BCUT2D eigenvalue weighted by Crippen LogP contribution is -3.06. The molecule has 130 valence electrons. The van der Waals surface area contributed by atoms with Crippen molar-refractivity contribution in [1.82, 2.24) is 4.31 Å². The van der Waals surface area contributed by atoms with Crippen LogP contribution < -0.4 is 10.2 Å². The molecule has 1 rings (SSSR count). The maximum Gasteiger partial charge on any atom is 0.293 e. The molecule has 1 aromatic rings. The molecule has 0 saturated heterocycles. The van der Waals surface area contributed by atoms with E-state index in [4.69, 9.17) is 0 Å². The first kappa shape index (κ1) is 19.3. The second kappa shape index (κ2) is 8.23. The number of benzene rings is 1. The van der Waals surface area contributed by atoms with Gasteiger partial charge in [-0.15, -0.1) is 0 Å². The summed E-state index contributed by atoms with van der Waals surface area (Å²) in [6.07, 6.45) is 0. The number of quaternary nitrogens is 1. The van der Waals surface area contributed by atoms with Crippen LogP contribution in [0.4, 0.5) is 11.4 Å². The van der Waals surface area contributed by atoms with Crippen molar-refractivity contribution in [2.24, 2.45) is 0 Å². The zero-order chi connectivity index (χ0) is 17.6. The molecule has 0 aliphatic heterocycles. The second-order valence-corrected chi connectivity index (χ2v) is 7.35. The Labute approximate surface area is 137 Å². The summed E-state index contributed by atoms with van der Waals surface area (Å²) in [5.74, 6) is 0. The van der Waals surface area contributed by atoms with Gasteiger partial charge in [-0.3, -0.25) is 10.1 Å². The lowest BCUT2D eigenvalue weighted by Gasteiger charge is -2.18. The van der Waals surface area contributed by atoms with Crippen molar-refractivity contribution >= 4 is 21.4 Å². The normalized spacial score (nSPS) is 11.9. The smallest absolute Gasteiger partial charge is 0.293 e. The van der Waals surface area contributed by atoms with E-state index in [-0.39, 0.29) is 10.6 Å². The largest absolute Gasteiger partial charge is 0.374 e. The molecule has 0 spiro atoms. The van der Waals surface area contributed by atoms with Crippen LogP contribution in [-0.4, -0.2) is 57.9 Å². The van der Waals surface area contributed by atoms with Gasteiger partial charge >= 0.3 is 0 Å². The van der Waals surface area contributed by atoms with Crippen LogP contribution in [0.5, 0.6) is 0 Å². The molecular formula is C14H25N4O4S+. The van der Waals surface area contributed by atoms with Crippen molar-refractivity contribution in [2.75, 3.05) is 45.6 Å². The van der Waals surface area contributed by atoms with Crippen LogP contribution in [0.25, 0.3) is 0 Å². The number of nitro benzene ring substituents is 1. The molecule has 2 N–H and O–H groups in total. The third-order valence-electron chi connectivity index (χ3n) is 3.45. The molecule has 0 aliphatic rings. The molecule has 0 amide bonds. The highest BCUT2D eigenvalue weighted by molar-refractivity contribution is 7.89. The van der Waals surface area contributed by atoms with Gasteiger partial charge in [-0.05, 0) is 12.1 Å². The number of likely N-dealkylation sites (N-methyl/N-ethyl adjacent to an activating group) is 1. The lowest BCUT2D eigenvalue weighted by molar-refractivity contribution is -0.856.